The van der Waals surface area contributed by atoms with Gasteiger partial charge in [0.1, 0.15) is 6.10 Å². The maximum Gasteiger partial charge on any atom is 0.306 e. The molecule has 0 heterocycles. The number of unbranched alkanes of at least 4 members (excludes halogenated alkanes) is 21. The fourth-order valence-electron chi connectivity index (χ4n) is 7.51. The summed E-state index contributed by atoms with van der Waals surface area (Å²) in [5, 5.41) is 23.7. The van der Waals surface area contributed by atoms with Gasteiger partial charge in [-0.05, 0) is 89.9 Å². The molecule has 63 heavy (non-hydrogen) atoms. The highest BCUT2D eigenvalue weighted by Crippen LogP contribution is 2.16. The number of carbonyl (C=O) groups excluding carboxylic acids is 2. The predicted octanol–water partition coefficient (Wildman–Crippen LogP) is 16.0. The molecule has 0 aromatic heterocycles. The number of hydrogen-bond acceptors (Lipinski definition) is 5. The molecule has 0 saturated heterocycles. The summed E-state index contributed by atoms with van der Waals surface area (Å²) in [5.41, 5.74) is 0. The lowest BCUT2D eigenvalue weighted by molar-refractivity contribution is -0.151. The topological polar surface area (TPSA) is 95.9 Å². The van der Waals surface area contributed by atoms with Crippen LogP contribution in [-0.4, -0.2) is 46.9 Å². The van der Waals surface area contributed by atoms with Gasteiger partial charge in [-0.25, -0.2) is 0 Å². The first kappa shape index (κ1) is 60.0. The first-order valence-electron chi connectivity index (χ1n) is 26.3. The zero-order valence-corrected chi connectivity index (χ0v) is 41.2. The third kappa shape index (κ3) is 45.4. The van der Waals surface area contributed by atoms with Crippen LogP contribution in [0.1, 0.15) is 239 Å². The molecule has 0 aromatic carbocycles. The van der Waals surface area contributed by atoms with Crippen molar-refractivity contribution < 1.29 is 24.5 Å². The van der Waals surface area contributed by atoms with E-state index in [1.807, 2.05) is 0 Å². The summed E-state index contributed by atoms with van der Waals surface area (Å²) in [6.45, 7) is 6.33. The summed E-state index contributed by atoms with van der Waals surface area (Å²) < 4.78 is 5.90. The van der Waals surface area contributed by atoms with Gasteiger partial charge in [-0.1, -0.05) is 221 Å². The summed E-state index contributed by atoms with van der Waals surface area (Å²) in [5.74, 6) is -0.563. The van der Waals surface area contributed by atoms with Crippen LogP contribution in [0.4, 0.5) is 0 Å². The van der Waals surface area contributed by atoms with E-state index >= 15 is 0 Å². The average Bonchev–Trinajstić information content (AvgIpc) is 3.28. The molecule has 0 aliphatic rings. The number of esters is 1. The van der Waals surface area contributed by atoms with Gasteiger partial charge in [0, 0.05) is 6.42 Å². The average molecular weight is 878 g/mol. The lowest BCUT2D eigenvalue weighted by Crippen LogP contribution is -2.46. The Labute approximate surface area is 389 Å². The van der Waals surface area contributed by atoms with Crippen LogP contribution in [0, 0.1) is 0 Å². The zero-order valence-electron chi connectivity index (χ0n) is 41.2. The smallest absolute Gasteiger partial charge is 0.306 e. The van der Waals surface area contributed by atoms with Crippen LogP contribution in [0.25, 0.3) is 0 Å². The summed E-state index contributed by atoms with van der Waals surface area (Å²) in [7, 11) is 0. The van der Waals surface area contributed by atoms with Gasteiger partial charge in [0.05, 0.1) is 25.2 Å². The van der Waals surface area contributed by atoms with E-state index < -0.39 is 18.2 Å². The highest BCUT2D eigenvalue weighted by molar-refractivity contribution is 5.77. The predicted molar refractivity (Wildman–Crippen MR) is 273 cm³/mol. The van der Waals surface area contributed by atoms with Crippen LogP contribution >= 0.6 is 0 Å². The Balaban J connectivity index is 4.70. The Morgan fingerprint density at radius 1 is 0.492 bits per heavy atom. The van der Waals surface area contributed by atoms with E-state index in [0.717, 1.165) is 96.3 Å². The molecular formula is C57H99NO5. The van der Waals surface area contributed by atoms with Crippen molar-refractivity contribution in [3.8, 4) is 0 Å². The third-order valence-corrected chi connectivity index (χ3v) is 11.5. The largest absolute Gasteiger partial charge is 0.462 e. The van der Waals surface area contributed by atoms with Crippen molar-refractivity contribution in [2.75, 3.05) is 6.61 Å². The number of aliphatic hydroxyl groups is 2. The van der Waals surface area contributed by atoms with Crippen LogP contribution < -0.4 is 5.32 Å². The van der Waals surface area contributed by atoms with Gasteiger partial charge in [-0.3, -0.25) is 9.59 Å². The quantitative estimate of drug-likeness (QED) is 0.0245. The fourth-order valence-corrected chi connectivity index (χ4v) is 7.51. The van der Waals surface area contributed by atoms with E-state index in [1.54, 1.807) is 0 Å². The van der Waals surface area contributed by atoms with Crippen molar-refractivity contribution >= 4 is 11.9 Å². The number of hydrogen-bond donors (Lipinski definition) is 3. The fraction of sp³-hybridized carbons (Fsp3) is 0.719. The van der Waals surface area contributed by atoms with Crippen molar-refractivity contribution in [3.63, 3.8) is 0 Å². The van der Waals surface area contributed by atoms with Crippen LogP contribution in [0.15, 0.2) is 85.1 Å². The van der Waals surface area contributed by atoms with E-state index in [-0.39, 0.29) is 24.9 Å². The molecule has 0 aromatic rings. The lowest BCUT2D eigenvalue weighted by Gasteiger charge is -2.24. The minimum atomic E-state index is -0.808. The SMILES string of the molecule is CC/C=C\C/C=C\C/C=C\C/C=C\C/C=C\CCCCCC(=O)OC(CCC/C=C/C=C/CCCCCCCCC)CC(=O)NC(CO)C(O)CCCCCCCCCCCCC. The zero-order chi connectivity index (χ0) is 45.9. The third-order valence-electron chi connectivity index (χ3n) is 11.5. The second-order valence-electron chi connectivity index (χ2n) is 17.6. The summed E-state index contributed by atoms with van der Waals surface area (Å²) in [6, 6.07) is -0.726. The van der Waals surface area contributed by atoms with Crippen molar-refractivity contribution in [3.05, 3.63) is 85.1 Å². The van der Waals surface area contributed by atoms with E-state index in [0.29, 0.717) is 19.3 Å². The van der Waals surface area contributed by atoms with Gasteiger partial charge in [0.15, 0.2) is 0 Å². The molecule has 6 nitrogen and oxygen atoms in total. The second-order valence-corrected chi connectivity index (χ2v) is 17.6. The van der Waals surface area contributed by atoms with E-state index in [2.05, 4.69) is 111 Å². The molecule has 1 amide bonds. The molecule has 0 aliphatic carbocycles. The van der Waals surface area contributed by atoms with Gasteiger partial charge in [0.2, 0.25) is 5.91 Å². The van der Waals surface area contributed by atoms with Gasteiger partial charge in [-0.15, -0.1) is 0 Å². The molecule has 0 aliphatic heterocycles. The first-order chi connectivity index (χ1) is 31.0. The summed E-state index contributed by atoms with van der Waals surface area (Å²) in [4.78, 5) is 26.1. The number of allylic oxidation sites excluding steroid dienone is 14. The number of rotatable bonds is 46. The Kier molecular flexibility index (Phi) is 47.7. The van der Waals surface area contributed by atoms with Gasteiger partial charge >= 0.3 is 5.97 Å². The standard InChI is InChI=1S/C57H99NO5/c1-4-7-10-13-16-19-22-24-26-27-28-29-30-32-35-38-41-44-47-50-57(62)63-53(48-45-42-39-36-34-31-25-23-20-17-14-11-8-5-2)51-56(61)58-54(52-59)55(60)49-46-43-40-37-33-21-18-15-12-9-6-3/h7,10,16,19,24,26,28-29,31-32,34-36,39,53-55,59-60H,4-6,8-9,11-15,17-18,20-23,25,27,30,33,37-38,40-52H2,1-3H3,(H,58,61)/b10-7-,19-16-,26-24-,29-28-,34-31+,35-32-,39-36+. The minimum absolute atomic E-state index is 0.0273. The maximum absolute atomic E-state index is 13.2. The van der Waals surface area contributed by atoms with Gasteiger partial charge < -0.3 is 20.3 Å². The van der Waals surface area contributed by atoms with Crippen LogP contribution in [0.5, 0.6) is 0 Å². The Morgan fingerprint density at radius 2 is 0.921 bits per heavy atom. The summed E-state index contributed by atoms with van der Waals surface area (Å²) in [6.07, 6.45) is 65.0. The van der Waals surface area contributed by atoms with Gasteiger partial charge in [-0.2, -0.15) is 0 Å². The maximum atomic E-state index is 13.2. The molecule has 0 bridgehead atoms. The molecule has 3 atom stereocenters. The number of aliphatic hydroxyl groups excluding tert-OH is 2. The van der Waals surface area contributed by atoms with Crippen molar-refractivity contribution in [2.45, 2.75) is 257 Å². The highest BCUT2D eigenvalue weighted by atomic mass is 16.5. The van der Waals surface area contributed by atoms with E-state index in [9.17, 15) is 19.8 Å². The van der Waals surface area contributed by atoms with Gasteiger partial charge in [0.25, 0.3) is 0 Å². The highest BCUT2D eigenvalue weighted by Gasteiger charge is 2.24. The molecule has 362 valence electrons. The molecular weight excluding hydrogens is 779 g/mol. The Morgan fingerprint density at radius 3 is 1.43 bits per heavy atom. The number of ether oxygens (including phenoxy) is 1. The Bertz CT molecular complexity index is 1210. The van der Waals surface area contributed by atoms with E-state index in [4.69, 9.17) is 4.74 Å². The van der Waals surface area contributed by atoms with E-state index in [1.165, 1.54) is 96.3 Å². The molecule has 3 unspecified atom stereocenters. The molecule has 3 N–H and O–H groups in total. The summed E-state index contributed by atoms with van der Waals surface area (Å²) >= 11 is 0. The lowest BCUT2D eigenvalue weighted by atomic mass is 10.0. The number of carbonyl (C=O) groups is 2. The Hall–Kier alpha value is -2.96. The molecule has 0 fully saturated rings. The molecule has 6 heteroatoms. The van der Waals surface area contributed by atoms with Crippen molar-refractivity contribution in [1.29, 1.82) is 0 Å². The number of nitrogens with one attached hydrogen (secondary N) is 1. The number of amides is 1. The van der Waals surface area contributed by atoms with Crippen molar-refractivity contribution in [1.82, 2.24) is 5.32 Å². The molecule has 0 rings (SSSR count). The van der Waals surface area contributed by atoms with Crippen LogP contribution in [0.2, 0.25) is 0 Å². The minimum Gasteiger partial charge on any atom is -0.462 e. The molecule has 0 spiro atoms. The normalized spacial score (nSPS) is 13.9. The van der Waals surface area contributed by atoms with Crippen molar-refractivity contribution in [2.24, 2.45) is 0 Å². The van der Waals surface area contributed by atoms with Crippen LogP contribution in [0.3, 0.4) is 0 Å². The van der Waals surface area contributed by atoms with Crippen LogP contribution in [-0.2, 0) is 14.3 Å². The molecule has 0 saturated carbocycles. The first-order valence-corrected chi connectivity index (χ1v) is 26.3. The molecule has 0 radical (unpaired) electrons. The second kappa shape index (κ2) is 50.0. The monoisotopic (exact) mass is 878 g/mol.